The van der Waals surface area contributed by atoms with E-state index in [1.807, 2.05) is 54.6 Å². The van der Waals surface area contributed by atoms with Crippen LogP contribution in [0.4, 0.5) is 11.4 Å². The van der Waals surface area contributed by atoms with Crippen molar-refractivity contribution in [2.24, 2.45) is 0 Å². The zero-order chi connectivity index (χ0) is 22.3. The molecule has 4 rings (SSSR count). The molecule has 0 radical (unpaired) electrons. The minimum absolute atomic E-state index is 0.0473. The smallest absolute Gasteiger partial charge is 0.258 e. The van der Waals surface area contributed by atoms with Crippen molar-refractivity contribution in [3.63, 3.8) is 0 Å². The highest BCUT2D eigenvalue weighted by Gasteiger charge is 2.24. The van der Waals surface area contributed by atoms with Crippen molar-refractivity contribution in [3.05, 3.63) is 95.6 Å². The molecule has 0 bridgehead atoms. The SMILES string of the molecule is O=C(Cc1ccccc1)NCCC(=O)Nc1ccc(C(=O)N2CCc3ccccc32)cc1. The maximum Gasteiger partial charge on any atom is 0.258 e. The first-order valence-electron chi connectivity index (χ1n) is 10.7. The number of benzene rings is 3. The molecule has 32 heavy (non-hydrogen) atoms. The molecule has 1 aliphatic rings. The molecule has 0 spiro atoms. The van der Waals surface area contributed by atoms with E-state index in [0.717, 1.165) is 17.7 Å². The number of anilines is 2. The molecule has 0 aliphatic carbocycles. The van der Waals surface area contributed by atoms with Crippen molar-refractivity contribution < 1.29 is 14.4 Å². The van der Waals surface area contributed by atoms with Crippen LogP contribution in [0.2, 0.25) is 0 Å². The Morgan fingerprint density at radius 3 is 2.31 bits per heavy atom. The van der Waals surface area contributed by atoms with Gasteiger partial charge in [-0.2, -0.15) is 0 Å². The van der Waals surface area contributed by atoms with Crippen LogP contribution in [0.15, 0.2) is 78.9 Å². The molecular weight excluding hydrogens is 402 g/mol. The van der Waals surface area contributed by atoms with Crippen LogP contribution in [-0.4, -0.2) is 30.8 Å². The molecular formula is C26H25N3O3. The van der Waals surface area contributed by atoms with Gasteiger partial charge in [-0.1, -0.05) is 48.5 Å². The maximum atomic E-state index is 12.9. The molecule has 3 amide bonds. The van der Waals surface area contributed by atoms with Crippen LogP contribution in [0, 0.1) is 0 Å². The topological polar surface area (TPSA) is 78.5 Å². The van der Waals surface area contributed by atoms with Crippen LogP contribution in [0.5, 0.6) is 0 Å². The van der Waals surface area contributed by atoms with Crippen LogP contribution in [-0.2, 0) is 22.4 Å². The zero-order valence-corrected chi connectivity index (χ0v) is 17.7. The lowest BCUT2D eigenvalue weighted by atomic mass is 10.1. The highest BCUT2D eigenvalue weighted by Crippen LogP contribution is 2.29. The van der Waals surface area contributed by atoms with E-state index in [2.05, 4.69) is 10.6 Å². The van der Waals surface area contributed by atoms with Gasteiger partial charge in [0.15, 0.2) is 0 Å². The van der Waals surface area contributed by atoms with Crippen LogP contribution in [0.1, 0.15) is 27.9 Å². The Labute approximate surface area is 187 Å². The van der Waals surface area contributed by atoms with E-state index in [1.54, 1.807) is 29.2 Å². The number of nitrogens with zero attached hydrogens (tertiary/aromatic N) is 1. The minimum atomic E-state index is -0.197. The number of carbonyl (C=O) groups excluding carboxylic acids is 3. The van der Waals surface area contributed by atoms with E-state index >= 15 is 0 Å². The number of para-hydroxylation sites is 1. The summed E-state index contributed by atoms with van der Waals surface area (Å²) in [7, 11) is 0. The third-order valence-corrected chi connectivity index (χ3v) is 5.43. The number of hydrogen-bond acceptors (Lipinski definition) is 3. The normalized spacial score (nSPS) is 12.2. The van der Waals surface area contributed by atoms with Crippen molar-refractivity contribution in [2.75, 3.05) is 23.3 Å². The van der Waals surface area contributed by atoms with Gasteiger partial charge < -0.3 is 15.5 Å². The molecule has 6 heteroatoms. The molecule has 1 heterocycles. The van der Waals surface area contributed by atoms with Crippen molar-refractivity contribution in [1.82, 2.24) is 5.32 Å². The number of carbonyl (C=O) groups is 3. The summed E-state index contributed by atoms with van der Waals surface area (Å²) < 4.78 is 0. The summed E-state index contributed by atoms with van der Waals surface area (Å²) >= 11 is 0. The van der Waals surface area contributed by atoms with Crippen LogP contribution >= 0.6 is 0 Å². The van der Waals surface area contributed by atoms with Gasteiger partial charge in [0.2, 0.25) is 11.8 Å². The van der Waals surface area contributed by atoms with E-state index in [1.165, 1.54) is 5.56 Å². The summed E-state index contributed by atoms with van der Waals surface area (Å²) in [5, 5.41) is 5.56. The van der Waals surface area contributed by atoms with Crippen molar-refractivity contribution >= 4 is 29.1 Å². The number of amides is 3. The van der Waals surface area contributed by atoms with Gasteiger partial charge in [0, 0.05) is 36.4 Å². The predicted octanol–water partition coefficient (Wildman–Crippen LogP) is 3.58. The lowest BCUT2D eigenvalue weighted by molar-refractivity contribution is -0.120. The first-order valence-corrected chi connectivity index (χ1v) is 10.7. The van der Waals surface area contributed by atoms with Gasteiger partial charge in [-0.05, 0) is 47.9 Å². The molecule has 0 saturated heterocycles. The lowest BCUT2D eigenvalue weighted by Crippen LogP contribution is -2.29. The first-order chi connectivity index (χ1) is 15.6. The molecule has 3 aromatic rings. The monoisotopic (exact) mass is 427 g/mol. The second kappa shape index (κ2) is 9.92. The van der Waals surface area contributed by atoms with E-state index in [9.17, 15) is 14.4 Å². The van der Waals surface area contributed by atoms with E-state index < -0.39 is 0 Å². The van der Waals surface area contributed by atoms with E-state index in [-0.39, 0.29) is 30.7 Å². The predicted molar refractivity (Wildman–Crippen MR) is 125 cm³/mol. The Balaban J connectivity index is 1.24. The summed E-state index contributed by atoms with van der Waals surface area (Å²) in [6.45, 7) is 0.940. The van der Waals surface area contributed by atoms with Gasteiger partial charge in [0.25, 0.3) is 5.91 Å². The Kier molecular flexibility index (Phi) is 6.60. The third-order valence-electron chi connectivity index (χ3n) is 5.43. The third kappa shape index (κ3) is 5.21. The largest absolute Gasteiger partial charge is 0.355 e. The second-order valence-corrected chi connectivity index (χ2v) is 7.72. The summed E-state index contributed by atoms with van der Waals surface area (Å²) in [6, 6.07) is 24.3. The fourth-order valence-electron chi connectivity index (χ4n) is 3.78. The van der Waals surface area contributed by atoms with Gasteiger partial charge in [-0.15, -0.1) is 0 Å². The maximum absolute atomic E-state index is 12.9. The van der Waals surface area contributed by atoms with Crippen LogP contribution < -0.4 is 15.5 Å². The van der Waals surface area contributed by atoms with E-state index in [4.69, 9.17) is 0 Å². The molecule has 0 fully saturated rings. The Hall–Kier alpha value is -3.93. The quantitative estimate of drug-likeness (QED) is 0.605. The fraction of sp³-hybridized carbons (Fsp3) is 0.192. The molecule has 6 nitrogen and oxygen atoms in total. The number of hydrogen-bond donors (Lipinski definition) is 2. The van der Waals surface area contributed by atoms with Gasteiger partial charge in [-0.25, -0.2) is 0 Å². The van der Waals surface area contributed by atoms with Crippen molar-refractivity contribution in [2.45, 2.75) is 19.3 Å². The molecule has 162 valence electrons. The van der Waals surface area contributed by atoms with Gasteiger partial charge >= 0.3 is 0 Å². The Morgan fingerprint density at radius 2 is 1.53 bits per heavy atom. The molecule has 3 aromatic carbocycles. The zero-order valence-electron chi connectivity index (χ0n) is 17.7. The highest BCUT2D eigenvalue weighted by molar-refractivity contribution is 6.07. The summed E-state index contributed by atoms with van der Waals surface area (Å²) in [5.41, 5.74) is 4.27. The van der Waals surface area contributed by atoms with Crippen molar-refractivity contribution in [1.29, 1.82) is 0 Å². The molecule has 0 aromatic heterocycles. The van der Waals surface area contributed by atoms with Gasteiger partial charge in [0.05, 0.1) is 6.42 Å². The molecule has 0 unspecified atom stereocenters. The van der Waals surface area contributed by atoms with Crippen LogP contribution in [0.25, 0.3) is 0 Å². The van der Waals surface area contributed by atoms with Gasteiger partial charge in [0.1, 0.15) is 0 Å². The Morgan fingerprint density at radius 1 is 0.812 bits per heavy atom. The standard InChI is InChI=1S/C26H25N3O3/c30-24(14-16-27-25(31)18-19-6-2-1-3-7-19)28-22-12-10-21(11-13-22)26(32)29-17-15-20-8-4-5-9-23(20)29/h1-13H,14-18H2,(H,27,31)(H,28,30). The van der Waals surface area contributed by atoms with Crippen LogP contribution in [0.3, 0.4) is 0 Å². The highest BCUT2D eigenvalue weighted by atomic mass is 16.2. The van der Waals surface area contributed by atoms with Gasteiger partial charge in [-0.3, -0.25) is 14.4 Å². The summed E-state index contributed by atoms with van der Waals surface area (Å²) in [6.07, 6.45) is 1.32. The second-order valence-electron chi connectivity index (χ2n) is 7.72. The molecule has 0 atom stereocenters. The van der Waals surface area contributed by atoms with E-state index in [0.29, 0.717) is 24.2 Å². The number of rotatable bonds is 7. The lowest BCUT2D eigenvalue weighted by Gasteiger charge is -2.17. The molecule has 1 aliphatic heterocycles. The first kappa shape index (κ1) is 21.3. The average Bonchev–Trinajstić information content (AvgIpc) is 3.24. The Bertz CT molecular complexity index is 1110. The summed E-state index contributed by atoms with van der Waals surface area (Å²) in [4.78, 5) is 38.8. The molecule has 2 N–H and O–H groups in total. The molecule has 0 saturated carbocycles. The van der Waals surface area contributed by atoms with Crippen molar-refractivity contribution in [3.8, 4) is 0 Å². The minimum Gasteiger partial charge on any atom is -0.355 e. The fourth-order valence-corrected chi connectivity index (χ4v) is 3.78. The average molecular weight is 428 g/mol. The summed E-state index contributed by atoms with van der Waals surface area (Å²) in [5.74, 6) is -0.359. The number of nitrogens with one attached hydrogen (secondary N) is 2. The number of fused-ring (bicyclic) bond motifs is 1.